The number of amides is 1. The molecular formula is C15H11NO3S. The van der Waals surface area contributed by atoms with Crippen molar-refractivity contribution in [2.75, 3.05) is 0 Å². The molecule has 1 saturated heterocycles. The summed E-state index contributed by atoms with van der Waals surface area (Å²) in [5, 5.41) is 14.8. The molecule has 1 fully saturated rings. The van der Waals surface area contributed by atoms with Gasteiger partial charge in [0, 0.05) is 10.4 Å². The molecule has 3 rings (SSSR count). The van der Waals surface area contributed by atoms with E-state index in [1.807, 2.05) is 23.6 Å². The maximum atomic E-state index is 12.0. The number of hydrogen-bond donors (Lipinski definition) is 2. The predicted molar refractivity (Wildman–Crippen MR) is 76.2 cm³/mol. The van der Waals surface area contributed by atoms with Crippen molar-refractivity contribution in [3.8, 4) is 0 Å². The first-order valence-electron chi connectivity index (χ1n) is 6.05. The van der Waals surface area contributed by atoms with Crippen LogP contribution in [0, 0.1) is 0 Å². The van der Waals surface area contributed by atoms with Crippen molar-refractivity contribution >= 4 is 28.8 Å². The lowest BCUT2D eigenvalue weighted by molar-refractivity contribution is -0.133. The highest BCUT2D eigenvalue weighted by atomic mass is 32.1. The number of ketones is 1. The fourth-order valence-corrected chi connectivity index (χ4v) is 2.97. The quantitative estimate of drug-likeness (QED) is 0.506. The van der Waals surface area contributed by atoms with Crippen molar-refractivity contribution in [1.82, 2.24) is 5.32 Å². The molecule has 1 aliphatic heterocycles. The lowest BCUT2D eigenvalue weighted by Crippen LogP contribution is -2.20. The zero-order chi connectivity index (χ0) is 14.1. The monoisotopic (exact) mass is 285 g/mol. The van der Waals surface area contributed by atoms with Crippen LogP contribution in [-0.4, -0.2) is 16.8 Å². The number of carbonyl (C=O) groups excluding carboxylic acids is 2. The van der Waals surface area contributed by atoms with Gasteiger partial charge in [0.25, 0.3) is 11.7 Å². The Hall–Kier alpha value is -2.40. The van der Waals surface area contributed by atoms with Crippen molar-refractivity contribution in [3.05, 3.63) is 63.9 Å². The van der Waals surface area contributed by atoms with E-state index in [9.17, 15) is 14.7 Å². The van der Waals surface area contributed by atoms with Gasteiger partial charge in [-0.15, -0.1) is 11.3 Å². The average Bonchev–Trinajstić information content (AvgIpc) is 3.09. The molecule has 0 spiro atoms. The molecule has 0 unspecified atom stereocenters. The molecule has 0 bridgehead atoms. The molecule has 20 heavy (non-hydrogen) atoms. The normalized spacial score (nSPS) is 20.9. The van der Waals surface area contributed by atoms with Crippen molar-refractivity contribution in [3.63, 3.8) is 0 Å². The zero-order valence-corrected chi connectivity index (χ0v) is 11.2. The van der Waals surface area contributed by atoms with Crippen LogP contribution in [0.4, 0.5) is 0 Å². The first-order chi connectivity index (χ1) is 9.68. The van der Waals surface area contributed by atoms with Crippen LogP contribution in [0.25, 0.3) is 5.76 Å². The molecule has 1 amide bonds. The molecule has 1 aliphatic rings. The Morgan fingerprint density at radius 2 is 1.85 bits per heavy atom. The van der Waals surface area contributed by atoms with Gasteiger partial charge in [0.15, 0.2) is 0 Å². The summed E-state index contributed by atoms with van der Waals surface area (Å²) in [5.74, 6) is -1.50. The smallest absolute Gasteiger partial charge is 0.293 e. The van der Waals surface area contributed by atoms with E-state index >= 15 is 0 Å². The summed E-state index contributed by atoms with van der Waals surface area (Å²) in [4.78, 5) is 24.4. The summed E-state index contributed by atoms with van der Waals surface area (Å²) in [7, 11) is 0. The Bertz CT molecular complexity index is 689. The minimum Gasteiger partial charge on any atom is -0.507 e. The molecular weight excluding hydrogens is 274 g/mol. The van der Waals surface area contributed by atoms with E-state index < -0.39 is 17.7 Å². The maximum absolute atomic E-state index is 12.0. The summed E-state index contributed by atoms with van der Waals surface area (Å²) >= 11 is 1.43. The fourth-order valence-electron chi connectivity index (χ4n) is 2.19. The zero-order valence-electron chi connectivity index (χ0n) is 10.4. The van der Waals surface area contributed by atoms with E-state index in [2.05, 4.69) is 5.32 Å². The molecule has 2 heterocycles. The number of benzene rings is 1. The van der Waals surface area contributed by atoms with Gasteiger partial charge >= 0.3 is 0 Å². The SMILES string of the molecule is O=C1N[C@@H](c2cccs2)C(=C(O)c2ccccc2)C1=O. The van der Waals surface area contributed by atoms with E-state index in [1.54, 1.807) is 24.3 Å². The van der Waals surface area contributed by atoms with Crippen LogP contribution in [0.2, 0.25) is 0 Å². The van der Waals surface area contributed by atoms with Gasteiger partial charge in [-0.3, -0.25) is 9.59 Å². The summed E-state index contributed by atoms with van der Waals surface area (Å²) in [5.41, 5.74) is 0.637. The van der Waals surface area contributed by atoms with Gasteiger partial charge < -0.3 is 10.4 Å². The Kier molecular flexibility index (Phi) is 3.12. The molecule has 5 heteroatoms. The summed E-state index contributed by atoms with van der Waals surface area (Å²) in [6, 6.07) is 11.8. The highest BCUT2D eigenvalue weighted by Crippen LogP contribution is 2.34. The minimum absolute atomic E-state index is 0.114. The number of carbonyl (C=O) groups is 2. The van der Waals surface area contributed by atoms with E-state index in [0.717, 1.165) is 4.88 Å². The van der Waals surface area contributed by atoms with Gasteiger partial charge in [-0.05, 0) is 11.4 Å². The second-order valence-electron chi connectivity index (χ2n) is 4.38. The van der Waals surface area contributed by atoms with Crippen molar-refractivity contribution in [2.45, 2.75) is 6.04 Å². The average molecular weight is 285 g/mol. The third kappa shape index (κ3) is 2.02. The Morgan fingerprint density at radius 3 is 2.50 bits per heavy atom. The van der Waals surface area contributed by atoms with Crippen molar-refractivity contribution < 1.29 is 14.7 Å². The molecule has 4 nitrogen and oxygen atoms in total. The highest BCUT2D eigenvalue weighted by molar-refractivity contribution is 7.10. The lowest BCUT2D eigenvalue weighted by atomic mass is 10.0. The third-order valence-electron chi connectivity index (χ3n) is 3.15. The maximum Gasteiger partial charge on any atom is 0.293 e. The molecule has 0 radical (unpaired) electrons. The van der Waals surface area contributed by atoms with Gasteiger partial charge in [-0.1, -0.05) is 36.4 Å². The number of aliphatic hydroxyl groups is 1. The second kappa shape index (κ2) is 4.94. The number of Topliss-reactive ketones (excluding diaryl/α,β-unsaturated/α-hetero) is 1. The standard InChI is InChI=1S/C15H11NO3S/c17-13(9-5-2-1-3-6-9)11-12(10-7-4-8-20-10)16-15(19)14(11)18/h1-8,12,17H,(H,16,19)/t12-/m0/s1. The third-order valence-corrected chi connectivity index (χ3v) is 4.08. The van der Waals surface area contributed by atoms with E-state index in [-0.39, 0.29) is 11.3 Å². The van der Waals surface area contributed by atoms with Crippen molar-refractivity contribution in [1.29, 1.82) is 0 Å². The summed E-state index contributed by atoms with van der Waals surface area (Å²) in [6.07, 6.45) is 0. The largest absolute Gasteiger partial charge is 0.507 e. The van der Waals surface area contributed by atoms with Crippen LogP contribution in [0.1, 0.15) is 16.5 Å². The van der Waals surface area contributed by atoms with Gasteiger partial charge in [0.1, 0.15) is 5.76 Å². The van der Waals surface area contributed by atoms with Gasteiger partial charge in [0.05, 0.1) is 11.6 Å². The Morgan fingerprint density at radius 1 is 1.10 bits per heavy atom. The molecule has 100 valence electrons. The van der Waals surface area contributed by atoms with Crippen LogP contribution in [0.15, 0.2) is 53.4 Å². The predicted octanol–water partition coefficient (Wildman–Crippen LogP) is 2.46. The van der Waals surface area contributed by atoms with Crippen LogP contribution < -0.4 is 5.32 Å². The van der Waals surface area contributed by atoms with Gasteiger partial charge in [0.2, 0.25) is 0 Å². The lowest BCUT2D eigenvalue weighted by Gasteiger charge is -2.11. The van der Waals surface area contributed by atoms with E-state index in [0.29, 0.717) is 5.56 Å². The van der Waals surface area contributed by atoms with Crippen molar-refractivity contribution in [2.24, 2.45) is 0 Å². The topological polar surface area (TPSA) is 66.4 Å². The molecule has 0 saturated carbocycles. The molecule has 1 aromatic heterocycles. The van der Waals surface area contributed by atoms with Crippen LogP contribution in [0.5, 0.6) is 0 Å². The highest BCUT2D eigenvalue weighted by Gasteiger charge is 2.39. The molecule has 1 atom stereocenters. The number of rotatable bonds is 2. The first kappa shape index (κ1) is 12.6. The minimum atomic E-state index is -0.680. The molecule has 2 aromatic rings. The first-order valence-corrected chi connectivity index (χ1v) is 6.93. The molecule has 1 aromatic carbocycles. The number of hydrogen-bond acceptors (Lipinski definition) is 4. The Balaban J connectivity index is 2.13. The van der Waals surface area contributed by atoms with Gasteiger partial charge in [-0.2, -0.15) is 0 Å². The van der Waals surface area contributed by atoms with Crippen LogP contribution in [-0.2, 0) is 9.59 Å². The number of aliphatic hydroxyl groups excluding tert-OH is 1. The van der Waals surface area contributed by atoms with Gasteiger partial charge in [-0.25, -0.2) is 0 Å². The van der Waals surface area contributed by atoms with E-state index in [4.69, 9.17) is 0 Å². The number of thiophene rings is 1. The second-order valence-corrected chi connectivity index (χ2v) is 5.36. The summed E-state index contributed by atoms with van der Waals surface area (Å²) in [6.45, 7) is 0. The fraction of sp³-hybridized carbons (Fsp3) is 0.0667. The van der Waals surface area contributed by atoms with E-state index in [1.165, 1.54) is 11.3 Å². The summed E-state index contributed by atoms with van der Waals surface area (Å²) < 4.78 is 0. The van der Waals surface area contributed by atoms with Crippen LogP contribution >= 0.6 is 11.3 Å². The Labute approximate surface area is 119 Å². The number of nitrogens with one attached hydrogen (secondary N) is 1. The van der Waals surface area contributed by atoms with Crippen LogP contribution in [0.3, 0.4) is 0 Å². The molecule has 2 N–H and O–H groups in total. The molecule has 0 aliphatic carbocycles.